The summed E-state index contributed by atoms with van der Waals surface area (Å²) in [5.41, 5.74) is 3.37. The lowest BCUT2D eigenvalue weighted by atomic mass is 10.1. The lowest BCUT2D eigenvalue weighted by molar-refractivity contribution is 0.0963. The first-order valence-electron chi connectivity index (χ1n) is 8.42. The number of hydrogen-bond donors (Lipinski definition) is 2. The van der Waals surface area contributed by atoms with Crippen molar-refractivity contribution in [2.75, 3.05) is 12.4 Å². The van der Waals surface area contributed by atoms with Gasteiger partial charge in [-0.3, -0.25) is 9.78 Å². The quantitative estimate of drug-likeness (QED) is 0.685. The van der Waals surface area contributed by atoms with E-state index in [1.165, 1.54) is 0 Å². The van der Waals surface area contributed by atoms with Gasteiger partial charge in [0, 0.05) is 26.0 Å². The van der Waals surface area contributed by atoms with E-state index in [1.54, 1.807) is 25.5 Å². The Bertz CT molecular complexity index is 852. The van der Waals surface area contributed by atoms with Crippen molar-refractivity contribution in [3.8, 4) is 5.75 Å². The molecular weight excluding hydrogens is 326 g/mol. The zero-order valence-corrected chi connectivity index (χ0v) is 14.6. The number of benzene rings is 2. The Balaban J connectivity index is 1.83. The molecule has 5 heteroatoms. The minimum Gasteiger partial charge on any atom is -0.487 e. The van der Waals surface area contributed by atoms with Crippen LogP contribution >= 0.6 is 0 Å². The highest BCUT2D eigenvalue weighted by atomic mass is 16.5. The lowest BCUT2D eigenvalue weighted by Crippen LogP contribution is -2.20. The van der Waals surface area contributed by atoms with Crippen molar-refractivity contribution in [2.24, 2.45) is 0 Å². The summed E-state index contributed by atoms with van der Waals surface area (Å²) in [6, 6.07) is 19.3. The van der Waals surface area contributed by atoms with Crippen LogP contribution in [-0.4, -0.2) is 17.9 Å². The number of aromatic nitrogens is 1. The minimum absolute atomic E-state index is 0.160. The predicted molar refractivity (Wildman–Crippen MR) is 102 cm³/mol. The molecule has 0 aliphatic carbocycles. The number of ether oxygens (including phenoxy) is 1. The summed E-state index contributed by atoms with van der Waals surface area (Å²) >= 11 is 0. The van der Waals surface area contributed by atoms with Crippen molar-refractivity contribution in [1.82, 2.24) is 10.3 Å². The molecule has 0 bridgehead atoms. The molecule has 0 aliphatic heterocycles. The first-order valence-corrected chi connectivity index (χ1v) is 8.42. The minimum atomic E-state index is -0.160. The maximum absolute atomic E-state index is 12.3. The van der Waals surface area contributed by atoms with Crippen LogP contribution in [0, 0.1) is 0 Å². The smallest absolute Gasteiger partial charge is 0.253 e. The Labute approximate surface area is 153 Å². The van der Waals surface area contributed by atoms with Gasteiger partial charge in [0.2, 0.25) is 0 Å². The van der Waals surface area contributed by atoms with Crippen LogP contribution in [0.15, 0.2) is 73.1 Å². The fourth-order valence-corrected chi connectivity index (χ4v) is 2.58. The second kappa shape index (κ2) is 8.67. The third kappa shape index (κ3) is 4.39. The molecule has 1 heterocycles. The average molecular weight is 347 g/mol. The summed E-state index contributed by atoms with van der Waals surface area (Å²) in [4.78, 5) is 16.3. The van der Waals surface area contributed by atoms with E-state index in [0.717, 1.165) is 11.1 Å². The second-order valence-corrected chi connectivity index (χ2v) is 5.74. The van der Waals surface area contributed by atoms with Crippen LogP contribution in [0.1, 0.15) is 21.5 Å². The van der Waals surface area contributed by atoms with Gasteiger partial charge >= 0.3 is 0 Å². The molecule has 2 N–H and O–H groups in total. The fraction of sp³-hybridized carbons (Fsp3) is 0.143. The van der Waals surface area contributed by atoms with Gasteiger partial charge in [-0.15, -0.1) is 0 Å². The van der Waals surface area contributed by atoms with Crippen LogP contribution in [0.3, 0.4) is 0 Å². The van der Waals surface area contributed by atoms with Crippen molar-refractivity contribution in [3.63, 3.8) is 0 Å². The summed E-state index contributed by atoms with van der Waals surface area (Å²) in [6.07, 6.45) is 3.49. The van der Waals surface area contributed by atoms with Crippen LogP contribution in [0.2, 0.25) is 0 Å². The summed E-state index contributed by atoms with van der Waals surface area (Å²) in [6.45, 7) is 1.00. The predicted octanol–water partition coefficient (Wildman–Crippen LogP) is 3.63. The highest BCUT2D eigenvalue weighted by Crippen LogP contribution is 2.30. The zero-order chi connectivity index (χ0) is 18.2. The van der Waals surface area contributed by atoms with Gasteiger partial charge in [0.1, 0.15) is 12.4 Å². The Morgan fingerprint density at radius 1 is 0.962 bits per heavy atom. The van der Waals surface area contributed by atoms with Crippen molar-refractivity contribution < 1.29 is 9.53 Å². The maximum atomic E-state index is 12.3. The van der Waals surface area contributed by atoms with Gasteiger partial charge in [0.05, 0.1) is 11.3 Å². The van der Waals surface area contributed by atoms with Crippen LogP contribution < -0.4 is 15.4 Å². The van der Waals surface area contributed by atoms with E-state index in [1.807, 2.05) is 54.6 Å². The molecule has 1 amide bonds. The highest BCUT2D eigenvalue weighted by Gasteiger charge is 2.15. The SMILES string of the molecule is CNC(=O)c1cccc(OCc2ccccc2)c1NCc1ccncc1. The molecule has 0 spiro atoms. The lowest BCUT2D eigenvalue weighted by Gasteiger charge is -2.17. The maximum Gasteiger partial charge on any atom is 0.253 e. The monoisotopic (exact) mass is 347 g/mol. The summed E-state index contributed by atoms with van der Waals surface area (Å²) in [5, 5.41) is 6.01. The van der Waals surface area contributed by atoms with E-state index >= 15 is 0 Å². The molecule has 0 unspecified atom stereocenters. The van der Waals surface area contributed by atoms with Crippen LogP contribution in [-0.2, 0) is 13.2 Å². The number of para-hydroxylation sites is 1. The molecule has 0 fully saturated rings. The van der Waals surface area contributed by atoms with E-state index in [9.17, 15) is 4.79 Å². The van der Waals surface area contributed by atoms with Gasteiger partial charge < -0.3 is 15.4 Å². The fourth-order valence-electron chi connectivity index (χ4n) is 2.58. The zero-order valence-electron chi connectivity index (χ0n) is 14.6. The summed E-state index contributed by atoms with van der Waals surface area (Å²) in [5.74, 6) is 0.483. The molecule has 26 heavy (non-hydrogen) atoms. The molecule has 3 rings (SSSR count). The number of hydrogen-bond acceptors (Lipinski definition) is 4. The summed E-state index contributed by atoms with van der Waals surface area (Å²) < 4.78 is 5.99. The molecule has 5 nitrogen and oxygen atoms in total. The van der Waals surface area contributed by atoms with Gasteiger partial charge in [-0.2, -0.15) is 0 Å². The number of nitrogens with one attached hydrogen (secondary N) is 2. The number of amides is 1. The molecule has 3 aromatic rings. The first kappa shape index (κ1) is 17.5. The van der Waals surface area contributed by atoms with Gasteiger partial charge in [0.15, 0.2) is 0 Å². The topological polar surface area (TPSA) is 63.2 Å². The molecule has 0 saturated carbocycles. The molecule has 2 aromatic carbocycles. The third-order valence-electron chi connectivity index (χ3n) is 3.95. The Morgan fingerprint density at radius 3 is 2.46 bits per heavy atom. The number of carbonyl (C=O) groups excluding carboxylic acids is 1. The van der Waals surface area contributed by atoms with Crippen molar-refractivity contribution >= 4 is 11.6 Å². The van der Waals surface area contributed by atoms with Gasteiger partial charge in [-0.25, -0.2) is 0 Å². The van der Waals surface area contributed by atoms with E-state index in [4.69, 9.17) is 4.74 Å². The number of pyridine rings is 1. The standard InChI is InChI=1S/C21H21N3O2/c1-22-21(25)18-8-5-9-19(26-15-17-6-3-2-4-7-17)20(18)24-14-16-10-12-23-13-11-16/h2-13,24H,14-15H2,1H3,(H,22,25). The molecule has 0 aliphatic rings. The average Bonchev–Trinajstić information content (AvgIpc) is 2.71. The number of carbonyl (C=O) groups is 1. The Morgan fingerprint density at radius 2 is 1.73 bits per heavy atom. The van der Waals surface area contributed by atoms with E-state index in [-0.39, 0.29) is 5.91 Å². The van der Waals surface area contributed by atoms with E-state index in [0.29, 0.717) is 30.2 Å². The Kier molecular flexibility index (Phi) is 5.83. The van der Waals surface area contributed by atoms with Crippen molar-refractivity contribution in [2.45, 2.75) is 13.2 Å². The Hall–Kier alpha value is -3.34. The third-order valence-corrected chi connectivity index (χ3v) is 3.95. The van der Waals surface area contributed by atoms with E-state index in [2.05, 4.69) is 15.6 Å². The number of rotatable bonds is 7. The normalized spacial score (nSPS) is 10.2. The molecule has 0 saturated heterocycles. The number of nitrogens with zero attached hydrogens (tertiary/aromatic N) is 1. The van der Waals surface area contributed by atoms with Gasteiger partial charge in [-0.05, 0) is 35.4 Å². The van der Waals surface area contributed by atoms with Crippen LogP contribution in [0.4, 0.5) is 5.69 Å². The van der Waals surface area contributed by atoms with Crippen molar-refractivity contribution in [3.05, 3.63) is 89.7 Å². The van der Waals surface area contributed by atoms with Crippen molar-refractivity contribution in [1.29, 1.82) is 0 Å². The van der Waals surface area contributed by atoms with Crippen LogP contribution in [0.25, 0.3) is 0 Å². The van der Waals surface area contributed by atoms with Crippen LogP contribution in [0.5, 0.6) is 5.75 Å². The van der Waals surface area contributed by atoms with Gasteiger partial charge in [0.25, 0.3) is 5.91 Å². The molecular formula is C21H21N3O2. The first-order chi connectivity index (χ1) is 12.8. The highest BCUT2D eigenvalue weighted by molar-refractivity contribution is 6.00. The van der Waals surface area contributed by atoms with E-state index < -0.39 is 0 Å². The molecule has 132 valence electrons. The largest absolute Gasteiger partial charge is 0.487 e. The summed E-state index contributed by atoms with van der Waals surface area (Å²) in [7, 11) is 1.62. The second-order valence-electron chi connectivity index (χ2n) is 5.74. The molecule has 0 radical (unpaired) electrons. The molecule has 0 atom stereocenters. The van der Waals surface area contributed by atoms with Gasteiger partial charge in [-0.1, -0.05) is 36.4 Å². The number of anilines is 1. The molecule has 1 aromatic heterocycles.